The Labute approximate surface area is 260 Å². The first-order valence-corrected chi connectivity index (χ1v) is 14.5. The van der Waals surface area contributed by atoms with Crippen LogP contribution in [0.25, 0.3) is 5.69 Å². The molecule has 1 aliphatic rings. The van der Waals surface area contributed by atoms with E-state index in [4.69, 9.17) is 17.0 Å². The molecule has 2 atom stereocenters. The summed E-state index contributed by atoms with van der Waals surface area (Å²) in [6.07, 6.45) is -2.84. The number of nitrogens with one attached hydrogen (secondary N) is 2. The summed E-state index contributed by atoms with van der Waals surface area (Å²) in [5.74, 6) is 0.272. The molecule has 1 amide bonds. The van der Waals surface area contributed by atoms with Gasteiger partial charge in [-0.3, -0.25) is 9.78 Å². The van der Waals surface area contributed by atoms with Gasteiger partial charge >= 0.3 is 6.18 Å². The predicted molar refractivity (Wildman–Crippen MR) is 169 cm³/mol. The second kappa shape index (κ2) is 11.6. The number of ether oxygens (including phenoxy) is 1. The molecule has 1 saturated heterocycles. The monoisotopic (exact) mass is 621 g/mol. The highest BCUT2D eigenvalue weighted by Gasteiger charge is 2.43. The van der Waals surface area contributed by atoms with Gasteiger partial charge in [-0.05, 0) is 74.1 Å². The zero-order chi connectivity index (χ0) is 32.0. The molecule has 4 aromatic rings. The highest BCUT2D eigenvalue weighted by Crippen LogP contribution is 2.46. The van der Waals surface area contributed by atoms with Crippen molar-refractivity contribution in [2.45, 2.75) is 52.9 Å². The van der Waals surface area contributed by atoms with Crippen molar-refractivity contribution in [1.29, 1.82) is 0 Å². The number of alkyl halides is 3. The second-order valence-corrected chi connectivity index (χ2v) is 12.1. The van der Waals surface area contributed by atoms with E-state index in [0.717, 1.165) is 17.3 Å². The van der Waals surface area contributed by atoms with Crippen molar-refractivity contribution >= 4 is 34.6 Å². The van der Waals surface area contributed by atoms with Crippen LogP contribution in [-0.2, 0) is 11.0 Å². The Morgan fingerprint density at radius 2 is 1.73 bits per heavy atom. The summed E-state index contributed by atoms with van der Waals surface area (Å²) in [6.45, 7) is 9.08. The average molecular weight is 622 g/mol. The summed E-state index contributed by atoms with van der Waals surface area (Å²) in [7, 11) is 1.52. The number of benzene rings is 2. The number of rotatable bonds is 6. The van der Waals surface area contributed by atoms with E-state index < -0.39 is 29.2 Å². The van der Waals surface area contributed by atoms with Gasteiger partial charge in [-0.1, -0.05) is 39.0 Å². The molecule has 0 aliphatic carbocycles. The van der Waals surface area contributed by atoms with Gasteiger partial charge in [0.25, 0.3) is 0 Å². The number of methoxy groups -OCH3 is 1. The van der Waals surface area contributed by atoms with Crippen molar-refractivity contribution < 1.29 is 22.7 Å². The molecule has 230 valence electrons. The summed E-state index contributed by atoms with van der Waals surface area (Å²) >= 11 is 5.87. The smallest absolute Gasteiger partial charge is 0.418 e. The van der Waals surface area contributed by atoms with Gasteiger partial charge in [0, 0.05) is 34.8 Å². The van der Waals surface area contributed by atoms with Crippen LogP contribution in [0.3, 0.4) is 0 Å². The van der Waals surface area contributed by atoms with Crippen LogP contribution < -0.4 is 20.3 Å². The molecule has 1 aliphatic heterocycles. The molecule has 7 nitrogen and oxygen atoms in total. The van der Waals surface area contributed by atoms with Crippen LogP contribution in [0.5, 0.6) is 5.75 Å². The molecule has 2 N–H and O–H groups in total. The van der Waals surface area contributed by atoms with Gasteiger partial charge in [0.15, 0.2) is 5.11 Å². The van der Waals surface area contributed by atoms with Crippen molar-refractivity contribution in [3.05, 3.63) is 101 Å². The molecular weight excluding hydrogens is 587 g/mol. The number of carbonyl (C=O) groups is 1. The molecule has 3 heterocycles. The SMILES string of the molecule is COc1cc(N2C(=S)N[C@H](c3ccccn3)[C@H]2c2cc(C)n(-c3ccccc3C(F)(F)F)c2C)ccc1NC(=O)C(C)(C)C. The number of nitrogens with zero attached hydrogens (tertiary/aromatic N) is 3. The first-order chi connectivity index (χ1) is 20.7. The fourth-order valence-electron chi connectivity index (χ4n) is 5.56. The van der Waals surface area contributed by atoms with E-state index in [1.165, 1.54) is 19.2 Å². The largest absolute Gasteiger partial charge is 0.494 e. The number of para-hydroxylation sites is 1. The third-order valence-electron chi connectivity index (χ3n) is 7.73. The van der Waals surface area contributed by atoms with Crippen molar-refractivity contribution in [2.24, 2.45) is 5.41 Å². The summed E-state index contributed by atoms with van der Waals surface area (Å²) < 4.78 is 49.5. The van der Waals surface area contributed by atoms with Crippen LogP contribution in [0.1, 0.15) is 61.1 Å². The Morgan fingerprint density at radius 3 is 2.36 bits per heavy atom. The van der Waals surface area contributed by atoms with E-state index in [2.05, 4.69) is 15.6 Å². The van der Waals surface area contributed by atoms with Crippen LogP contribution in [0.15, 0.2) is 72.9 Å². The maximum atomic E-state index is 14.1. The van der Waals surface area contributed by atoms with Gasteiger partial charge in [0.2, 0.25) is 5.91 Å². The lowest BCUT2D eigenvalue weighted by Crippen LogP contribution is -2.30. The Balaban J connectivity index is 1.66. The van der Waals surface area contributed by atoms with E-state index in [9.17, 15) is 18.0 Å². The third kappa shape index (κ3) is 5.76. The molecule has 44 heavy (non-hydrogen) atoms. The maximum Gasteiger partial charge on any atom is 0.418 e. The van der Waals surface area contributed by atoms with Gasteiger partial charge in [-0.25, -0.2) is 0 Å². The van der Waals surface area contributed by atoms with Crippen molar-refractivity contribution in [2.75, 3.05) is 17.3 Å². The molecule has 0 spiro atoms. The Kier molecular flexibility index (Phi) is 8.19. The predicted octanol–water partition coefficient (Wildman–Crippen LogP) is 7.68. The Morgan fingerprint density at radius 1 is 1.02 bits per heavy atom. The van der Waals surface area contributed by atoms with E-state index in [-0.39, 0.29) is 11.6 Å². The fraction of sp³-hybridized carbons (Fsp3) is 0.303. The van der Waals surface area contributed by atoms with Crippen molar-refractivity contribution in [3.63, 3.8) is 0 Å². The maximum absolute atomic E-state index is 14.1. The number of carbonyl (C=O) groups excluding carboxylic acids is 1. The molecule has 0 saturated carbocycles. The van der Waals surface area contributed by atoms with Crippen LogP contribution >= 0.6 is 12.2 Å². The lowest BCUT2D eigenvalue weighted by molar-refractivity contribution is -0.137. The molecule has 0 radical (unpaired) electrons. The number of pyridine rings is 1. The number of anilines is 2. The Hall–Kier alpha value is -4.38. The van der Waals surface area contributed by atoms with E-state index in [0.29, 0.717) is 33.6 Å². The zero-order valence-corrected chi connectivity index (χ0v) is 26.1. The standard InChI is InChI=1S/C33H34F3N5O2S/c1-19-17-22(20(2)40(19)26-13-8-7-11-23(26)33(34,35)36)29-28(25-12-9-10-16-37-25)39-31(44)41(29)21-14-15-24(27(18-21)43-6)38-30(42)32(3,4)5/h7-18,28-29H,1-6H3,(H,38,42)(H,39,44)/t28-,29-/m1/s1. The number of aromatic nitrogens is 2. The molecule has 0 unspecified atom stereocenters. The summed E-state index contributed by atoms with van der Waals surface area (Å²) in [6, 6.07) is 17.5. The van der Waals surface area contributed by atoms with Gasteiger partial charge in [0.1, 0.15) is 5.75 Å². The number of aryl methyl sites for hydroxylation is 1. The minimum absolute atomic E-state index is 0.0522. The van der Waals surface area contributed by atoms with Crippen LogP contribution in [-0.4, -0.2) is 27.7 Å². The van der Waals surface area contributed by atoms with E-state index in [1.54, 1.807) is 35.9 Å². The number of hydrogen-bond donors (Lipinski definition) is 2. The molecule has 2 aromatic carbocycles. The highest BCUT2D eigenvalue weighted by atomic mass is 32.1. The van der Waals surface area contributed by atoms with Crippen LogP contribution in [0.4, 0.5) is 24.5 Å². The van der Waals surface area contributed by atoms with Crippen molar-refractivity contribution in [1.82, 2.24) is 14.9 Å². The number of thiocarbonyl (C=S) groups is 1. The number of amides is 1. The number of halogens is 3. The summed E-state index contributed by atoms with van der Waals surface area (Å²) in [5, 5.41) is 6.74. The van der Waals surface area contributed by atoms with Crippen LogP contribution in [0.2, 0.25) is 0 Å². The van der Waals surface area contributed by atoms with Gasteiger partial charge < -0.3 is 24.8 Å². The molecule has 5 rings (SSSR count). The topological polar surface area (TPSA) is 71.4 Å². The minimum Gasteiger partial charge on any atom is -0.494 e. The molecule has 11 heteroatoms. The number of hydrogen-bond acceptors (Lipinski definition) is 4. The van der Waals surface area contributed by atoms with Gasteiger partial charge in [0.05, 0.1) is 41.8 Å². The first-order valence-electron chi connectivity index (χ1n) is 14.1. The molecule has 1 fully saturated rings. The van der Waals surface area contributed by atoms with E-state index in [1.807, 2.05) is 62.9 Å². The normalized spacial score (nSPS) is 17.0. The lowest BCUT2D eigenvalue weighted by atomic mass is 9.95. The average Bonchev–Trinajstić information content (AvgIpc) is 3.47. The summed E-state index contributed by atoms with van der Waals surface area (Å²) in [5.41, 5.74) is 2.70. The molecule has 0 bridgehead atoms. The van der Waals surface area contributed by atoms with Crippen LogP contribution in [0, 0.1) is 19.3 Å². The zero-order valence-electron chi connectivity index (χ0n) is 25.3. The molecule has 2 aromatic heterocycles. The van der Waals surface area contributed by atoms with Crippen molar-refractivity contribution in [3.8, 4) is 11.4 Å². The van der Waals surface area contributed by atoms with E-state index >= 15 is 0 Å². The lowest BCUT2D eigenvalue weighted by Gasteiger charge is -2.29. The summed E-state index contributed by atoms with van der Waals surface area (Å²) in [4.78, 5) is 19.2. The minimum atomic E-state index is -4.53. The van der Waals surface area contributed by atoms with Gasteiger partial charge in [-0.2, -0.15) is 13.2 Å². The highest BCUT2D eigenvalue weighted by molar-refractivity contribution is 7.80. The quantitative estimate of drug-likeness (QED) is 0.215. The third-order valence-corrected chi connectivity index (χ3v) is 8.04. The fourth-order valence-corrected chi connectivity index (χ4v) is 5.90. The van der Waals surface area contributed by atoms with Gasteiger partial charge in [-0.15, -0.1) is 0 Å². The first kappa shape index (κ1) is 31.1. The molecular formula is C33H34F3N5O2S. The second-order valence-electron chi connectivity index (χ2n) is 11.8. The Bertz CT molecular complexity index is 1710.